The third kappa shape index (κ3) is 4.73. The van der Waals surface area contributed by atoms with E-state index in [0.717, 1.165) is 25.1 Å². The molecule has 1 rings (SSSR count). The molecule has 0 saturated heterocycles. The fourth-order valence-corrected chi connectivity index (χ4v) is 1.77. The summed E-state index contributed by atoms with van der Waals surface area (Å²) in [6.07, 6.45) is 0.741. The molecule has 90 valence electrons. The van der Waals surface area contributed by atoms with Crippen LogP contribution in [0.15, 0.2) is 24.3 Å². The van der Waals surface area contributed by atoms with Crippen molar-refractivity contribution in [1.29, 1.82) is 0 Å². The first-order chi connectivity index (χ1) is 7.59. The Hall–Kier alpha value is -0.930. The topological polar surface area (TPSA) is 15.3 Å². The molecule has 2 nitrogen and oxygen atoms in total. The molecule has 16 heavy (non-hydrogen) atoms. The average Bonchev–Trinajstić information content (AvgIpc) is 2.19. The maximum absolute atomic E-state index is 13.3. The molecule has 1 N–H and O–H groups in total. The fraction of sp³-hybridized carbons (Fsp3) is 0.538. The Morgan fingerprint density at radius 3 is 2.62 bits per heavy atom. The van der Waals surface area contributed by atoms with E-state index in [1.54, 1.807) is 6.07 Å². The van der Waals surface area contributed by atoms with Crippen molar-refractivity contribution in [3.05, 3.63) is 35.6 Å². The van der Waals surface area contributed by atoms with Gasteiger partial charge in [0.15, 0.2) is 0 Å². The van der Waals surface area contributed by atoms with E-state index in [1.807, 2.05) is 12.1 Å². The van der Waals surface area contributed by atoms with Crippen molar-refractivity contribution in [2.75, 3.05) is 27.2 Å². The molecule has 0 saturated carbocycles. The monoisotopic (exact) mass is 224 g/mol. The third-order valence-electron chi connectivity index (χ3n) is 2.48. The number of hydrogen-bond acceptors (Lipinski definition) is 2. The normalized spacial score (nSPS) is 13.1. The van der Waals surface area contributed by atoms with Crippen LogP contribution in [0.25, 0.3) is 0 Å². The number of rotatable bonds is 6. The van der Waals surface area contributed by atoms with Crippen LogP contribution in [0.5, 0.6) is 0 Å². The van der Waals surface area contributed by atoms with Crippen LogP contribution in [-0.4, -0.2) is 38.1 Å². The van der Waals surface area contributed by atoms with Gasteiger partial charge in [-0.3, -0.25) is 0 Å². The van der Waals surface area contributed by atoms with Gasteiger partial charge < -0.3 is 10.2 Å². The fourth-order valence-electron chi connectivity index (χ4n) is 1.77. The van der Waals surface area contributed by atoms with Crippen LogP contribution in [0.2, 0.25) is 0 Å². The van der Waals surface area contributed by atoms with Gasteiger partial charge in [-0.1, -0.05) is 18.2 Å². The summed E-state index contributed by atoms with van der Waals surface area (Å²) in [6.45, 7) is 3.95. The zero-order valence-corrected chi connectivity index (χ0v) is 10.3. The van der Waals surface area contributed by atoms with Crippen LogP contribution in [0.3, 0.4) is 0 Å². The van der Waals surface area contributed by atoms with E-state index >= 15 is 0 Å². The summed E-state index contributed by atoms with van der Waals surface area (Å²) in [7, 11) is 4.10. The van der Waals surface area contributed by atoms with Gasteiger partial charge in [-0.05, 0) is 45.6 Å². The predicted molar refractivity (Wildman–Crippen MR) is 66.1 cm³/mol. The molecule has 3 heteroatoms. The molecule has 0 spiro atoms. The maximum atomic E-state index is 13.3. The third-order valence-corrected chi connectivity index (χ3v) is 2.48. The molecule has 0 bridgehead atoms. The highest BCUT2D eigenvalue weighted by Gasteiger charge is 2.04. The molecule has 0 heterocycles. The number of benzene rings is 1. The van der Waals surface area contributed by atoms with E-state index in [-0.39, 0.29) is 5.82 Å². The predicted octanol–water partition coefficient (Wildman–Crippen LogP) is 1.91. The van der Waals surface area contributed by atoms with Gasteiger partial charge in [0.1, 0.15) is 5.82 Å². The van der Waals surface area contributed by atoms with Gasteiger partial charge in [0, 0.05) is 12.6 Å². The second-order valence-electron chi connectivity index (χ2n) is 4.46. The Bertz CT molecular complexity index is 313. The van der Waals surface area contributed by atoms with E-state index in [1.165, 1.54) is 6.07 Å². The van der Waals surface area contributed by atoms with Crippen molar-refractivity contribution >= 4 is 0 Å². The minimum absolute atomic E-state index is 0.107. The molecule has 0 amide bonds. The Labute approximate surface area is 97.5 Å². The maximum Gasteiger partial charge on any atom is 0.126 e. The summed E-state index contributed by atoms with van der Waals surface area (Å²) < 4.78 is 13.3. The standard InChI is InChI=1S/C13H21FN2/c1-11(10-16(2)3)15-9-8-12-6-4-5-7-13(12)14/h4-7,11,15H,8-10H2,1-3H3. The Balaban J connectivity index is 2.28. The average molecular weight is 224 g/mol. The van der Waals surface area contributed by atoms with E-state index in [9.17, 15) is 4.39 Å². The number of nitrogens with zero attached hydrogens (tertiary/aromatic N) is 1. The largest absolute Gasteiger partial charge is 0.313 e. The highest BCUT2D eigenvalue weighted by Crippen LogP contribution is 2.06. The van der Waals surface area contributed by atoms with Gasteiger partial charge in [-0.2, -0.15) is 0 Å². The van der Waals surface area contributed by atoms with E-state index in [4.69, 9.17) is 0 Å². The lowest BCUT2D eigenvalue weighted by atomic mass is 10.1. The van der Waals surface area contributed by atoms with Crippen molar-refractivity contribution in [3.63, 3.8) is 0 Å². The van der Waals surface area contributed by atoms with Crippen LogP contribution in [0.1, 0.15) is 12.5 Å². The molecule has 0 aliphatic heterocycles. The SMILES string of the molecule is CC(CN(C)C)NCCc1ccccc1F. The summed E-state index contributed by atoms with van der Waals surface area (Å²) in [5, 5.41) is 3.38. The first-order valence-electron chi connectivity index (χ1n) is 5.71. The molecule has 0 aliphatic rings. The molecule has 0 aliphatic carbocycles. The van der Waals surface area contributed by atoms with Crippen molar-refractivity contribution in [3.8, 4) is 0 Å². The minimum Gasteiger partial charge on any atom is -0.313 e. The van der Waals surface area contributed by atoms with Gasteiger partial charge in [-0.25, -0.2) is 4.39 Å². The van der Waals surface area contributed by atoms with Gasteiger partial charge in [-0.15, -0.1) is 0 Å². The van der Waals surface area contributed by atoms with Gasteiger partial charge in [0.2, 0.25) is 0 Å². The van der Waals surface area contributed by atoms with Crippen LogP contribution < -0.4 is 5.32 Å². The lowest BCUT2D eigenvalue weighted by molar-refractivity contribution is 0.350. The molecular weight excluding hydrogens is 203 g/mol. The lowest BCUT2D eigenvalue weighted by Gasteiger charge is -2.18. The van der Waals surface area contributed by atoms with Crippen LogP contribution >= 0.6 is 0 Å². The van der Waals surface area contributed by atoms with Crippen molar-refractivity contribution < 1.29 is 4.39 Å². The lowest BCUT2D eigenvalue weighted by Crippen LogP contribution is -2.36. The van der Waals surface area contributed by atoms with Crippen LogP contribution in [0, 0.1) is 5.82 Å². The number of hydrogen-bond donors (Lipinski definition) is 1. The van der Waals surface area contributed by atoms with Crippen molar-refractivity contribution in [2.45, 2.75) is 19.4 Å². The zero-order valence-electron chi connectivity index (χ0n) is 10.3. The van der Waals surface area contributed by atoms with E-state index in [2.05, 4.69) is 31.2 Å². The summed E-state index contributed by atoms with van der Waals surface area (Å²) in [5.74, 6) is -0.107. The molecule has 0 fully saturated rings. The van der Waals surface area contributed by atoms with Crippen LogP contribution in [-0.2, 0) is 6.42 Å². The molecular formula is C13H21FN2. The van der Waals surface area contributed by atoms with E-state index < -0.39 is 0 Å². The molecule has 0 aromatic heterocycles. The smallest absolute Gasteiger partial charge is 0.126 e. The summed E-state index contributed by atoms with van der Waals surface area (Å²) >= 11 is 0. The molecule has 1 aromatic carbocycles. The summed E-state index contributed by atoms with van der Waals surface area (Å²) in [5.41, 5.74) is 0.784. The Morgan fingerprint density at radius 2 is 2.00 bits per heavy atom. The Kier molecular flexibility index (Phi) is 5.43. The highest BCUT2D eigenvalue weighted by atomic mass is 19.1. The number of nitrogens with one attached hydrogen (secondary N) is 1. The zero-order chi connectivity index (χ0) is 12.0. The second-order valence-corrected chi connectivity index (χ2v) is 4.46. The quantitative estimate of drug-likeness (QED) is 0.794. The van der Waals surface area contributed by atoms with E-state index in [0.29, 0.717) is 6.04 Å². The molecule has 1 aromatic rings. The first kappa shape index (κ1) is 13.1. The highest BCUT2D eigenvalue weighted by molar-refractivity contribution is 5.17. The molecule has 0 radical (unpaired) electrons. The number of likely N-dealkylation sites (N-methyl/N-ethyl adjacent to an activating group) is 1. The Morgan fingerprint density at radius 1 is 1.31 bits per heavy atom. The van der Waals surface area contributed by atoms with Gasteiger partial charge in [0.25, 0.3) is 0 Å². The first-order valence-corrected chi connectivity index (χ1v) is 5.71. The van der Waals surface area contributed by atoms with Crippen molar-refractivity contribution in [2.24, 2.45) is 0 Å². The van der Waals surface area contributed by atoms with Gasteiger partial charge in [0.05, 0.1) is 0 Å². The summed E-state index contributed by atoms with van der Waals surface area (Å²) in [4.78, 5) is 2.14. The molecule has 1 unspecified atom stereocenters. The minimum atomic E-state index is -0.107. The summed E-state index contributed by atoms with van der Waals surface area (Å²) in [6, 6.07) is 7.39. The number of halogens is 1. The van der Waals surface area contributed by atoms with Crippen LogP contribution in [0.4, 0.5) is 4.39 Å². The molecule has 1 atom stereocenters. The second kappa shape index (κ2) is 6.61. The van der Waals surface area contributed by atoms with Gasteiger partial charge >= 0.3 is 0 Å². The van der Waals surface area contributed by atoms with Crippen molar-refractivity contribution in [1.82, 2.24) is 10.2 Å².